The standard InChI is InChI=1S/C16H24N2O3/c1-13-10-18(11-14(2)21-13)12-16(19)17-8-9-20-15-6-4-3-5-7-15/h3-7,13-14H,8-12H2,1-2H3,(H,17,19). The van der Waals surface area contributed by atoms with E-state index in [-0.39, 0.29) is 18.1 Å². The second-order valence-electron chi connectivity index (χ2n) is 5.46. The Balaban J connectivity index is 1.61. The van der Waals surface area contributed by atoms with Crippen LogP contribution in [0.4, 0.5) is 0 Å². The molecular formula is C16H24N2O3. The van der Waals surface area contributed by atoms with Gasteiger partial charge in [0, 0.05) is 13.1 Å². The summed E-state index contributed by atoms with van der Waals surface area (Å²) in [5, 5.41) is 2.88. The number of nitrogens with one attached hydrogen (secondary N) is 1. The first-order valence-corrected chi connectivity index (χ1v) is 7.46. The van der Waals surface area contributed by atoms with Gasteiger partial charge < -0.3 is 14.8 Å². The molecule has 5 heteroatoms. The quantitative estimate of drug-likeness (QED) is 0.803. The molecule has 0 radical (unpaired) electrons. The van der Waals surface area contributed by atoms with Crippen molar-refractivity contribution in [3.63, 3.8) is 0 Å². The first-order chi connectivity index (χ1) is 10.1. The second kappa shape index (κ2) is 8.00. The largest absolute Gasteiger partial charge is 0.492 e. The summed E-state index contributed by atoms with van der Waals surface area (Å²) in [5.41, 5.74) is 0. The maximum atomic E-state index is 11.9. The lowest BCUT2D eigenvalue weighted by molar-refractivity contribution is -0.126. The number of nitrogens with zero attached hydrogens (tertiary/aromatic N) is 1. The highest BCUT2D eigenvalue weighted by molar-refractivity contribution is 5.78. The van der Waals surface area contributed by atoms with E-state index in [0.29, 0.717) is 19.7 Å². The first kappa shape index (κ1) is 15.8. The number of hydrogen-bond acceptors (Lipinski definition) is 4. The van der Waals surface area contributed by atoms with Crippen LogP contribution >= 0.6 is 0 Å². The second-order valence-corrected chi connectivity index (χ2v) is 5.46. The smallest absolute Gasteiger partial charge is 0.234 e. The van der Waals surface area contributed by atoms with E-state index in [1.165, 1.54) is 0 Å². The molecule has 0 aliphatic carbocycles. The van der Waals surface area contributed by atoms with Crippen molar-refractivity contribution in [1.82, 2.24) is 10.2 Å². The number of morpholine rings is 1. The molecule has 1 heterocycles. The molecule has 21 heavy (non-hydrogen) atoms. The summed E-state index contributed by atoms with van der Waals surface area (Å²) >= 11 is 0. The van der Waals surface area contributed by atoms with Crippen molar-refractivity contribution < 1.29 is 14.3 Å². The van der Waals surface area contributed by atoms with Crippen LogP contribution in [-0.2, 0) is 9.53 Å². The number of para-hydroxylation sites is 1. The van der Waals surface area contributed by atoms with Crippen LogP contribution in [0.25, 0.3) is 0 Å². The molecule has 1 aromatic carbocycles. The summed E-state index contributed by atoms with van der Waals surface area (Å²) < 4.78 is 11.2. The third-order valence-electron chi connectivity index (χ3n) is 3.30. The zero-order valence-electron chi connectivity index (χ0n) is 12.7. The molecule has 2 unspecified atom stereocenters. The van der Waals surface area contributed by atoms with Gasteiger partial charge in [-0.1, -0.05) is 18.2 Å². The van der Waals surface area contributed by atoms with E-state index in [2.05, 4.69) is 10.2 Å². The number of ether oxygens (including phenoxy) is 2. The van der Waals surface area contributed by atoms with E-state index >= 15 is 0 Å². The molecule has 0 bridgehead atoms. The van der Waals surface area contributed by atoms with Gasteiger partial charge in [0.2, 0.25) is 5.91 Å². The highest BCUT2D eigenvalue weighted by Gasteiger charge is 2.23. The zero-order valence-corrected chi connectivity index (χ0v) is 12.7. The van der Waals surface area contributed by atoms with Gasteiger partial charge in [-0.25, -0.2) is 0 Å². The van der Waals surface area contributed by atoms with E-state index in [0.717, 1.165) is 18.8 Å². The minimum atomic E-state index is 0.0351. The van der Waals surface area contributed by atoms with Crippen molar-refractivity contribution in [1.29, 1.82) is 0 Å². The van der Waals surface area contributed by atoms with Gasteiger partial charge >= 0.3 is 0 Å². The van der Waals surface area contributed by atoms with E-state index in [1.54, 1.807) is 0 Å². The molecule has 1 aliphatic rings. The van der Waals surface area contributed by atoms with Crippen LogP contribution in [0.5, 0.6) is 5.75 Å². The molecule has 2 rings (SSSR count). The Kier molecular flexibility index (Phi) is 6.02. The molecule has 1 N–H and O–H groups in total. The fourth-order valence-corrected chi connectivity index (χ4v) is 2.55. The van der Waals surface area contributed by atoms with Crippen LogP contribution in [0.2, 0.25) is 0 Å². The van der Waals surface area contributed by atoms with Gasteiger partial charge in [0.1, 0.15) is 12.4 Å². The molecule has 0 aromatic heterocycles. The number of hydrogen-bond donors (Lipinski definition) is 1. The van der Waals surface area contributed by atoms with E-state index in [1.807, 2.05) is 44.2 Å². The molecule has 1 amide bonds. The lowest BCUT2D eigenvalue weighted by Gasteiger charge is -2.34. The van der Waals surface area contributed by atoms with Crippen LogP contribution in [0.3, 0.4) is 0 Å². The predicted molar refractivity (Wildman–Crippen MR) is 81.4 cm³/mol. The van der Waals surface area contributed by atoms with Gasteiger partial charge in [-0.15, -0.1) is 0 Å². The Bertz CT molecular complexity index is 428. The third-order valence-corrected chi connectivity index (χ3v) is 3.30. The summed E-state index contributed by atoms with van der Waals surface area (Å²) in [7, 11) is 0. The molecule has 1 fully saturated rings. The zero-order chi connectivity index (χ0) is 15.1. The van der Waals surface area contributed by atoms with Gasteiger partial charge in [-0.05, 0) is 26.0 Å². The van der Waals surface area contributed by atoms with Gasteiger partial charge in [-0.2, -0.15) is 0 Å². The molecule has 5 nitrogen and oxygen atoms in total. The van der Waals surface area contributed by atoms with Crippen LogP contribution < -0.4 is 10.1 Å². The molecule has 0 saturated carbocycles. The van der Waals surface area contributed by atoms with E-state index in [4.69, 9.17) is 9.47 Å². The van der Waals surface area contributed by atoms with Crippen molar-refractivity contribution in [3.8, 4) is 5.75 Å². The van der Waals surface area contributed by atoms with E-state index < -0.39 is 0 Å². The number of carbonyl (C=O) groups is 1. The summed E-state index contributed by atoms with van der Waals surface area (Å²) in [5.74, 6) is 0.857. The fraction of sp³-hybridized carbons (Fsp3) is 0.562. The Morgan fingerprint density at radius 3 is 2.62 bits per heavy atom. The number of amides is 1. The Morgan fingerprint density at radius 2 is 1.95 bits per heavy atom. The highest BCUT2D eigenvalue weighted by Crippen LogP contribution is 2.10. The Hall–Kier alpha value is -1.59. The van der Waals surface area contributed by atoms with Crippen molar-refractivity contribution in [3.05, 3.63) is 30.3 Å². The Labute approximate surface area is 126 Å². The van der Waals surface area contributed by atoms with Crippen molar-refractivity contribution in [2.24, 2.45) is 0 Å². The Morgan fingerprint density at radius 1 is 1.29 bits per heavy atom. The van der Waals surface area contributed by atoms with Crippen LogP contribution in [0.1, 0.15) is 13.8 Å². The van der Waals surface area contributed by atoms with Crippen LogP contribution in [-0.4, -0.2) is 55.8 Å². The van der Waals surface area contributed by atoms with Gasteiger partial charge in [0.25, 0.3) is 0 Å². The maximum absolute atomic E-state index is 11.9. The van der Waals surface area contributed by atoms with Crippen LogP contribution in [0.15, 0.2) is 30.3 Å². The van der Waals surface area contributed by atoms with Gasteiger partial charge in [-0.3, -0.25) is 9.69 Å². The fourth-order valence-electron chi connectivity index (χ4n) is 2.55. The van der Waals surface area contributed by atoms with E-state index in [9.17, 15) is 4.79 Å². The van der Waals surface area contributed by atoms with Gasteiger partial charge in [0.05, 0.1) is 25.3 Å². The molecule has 0 spiro atoms. The van der Waals surface area contributed by atoms with Gasteiger partial charge in [0.15, 0.2) is 0 Å². The van der Waals surface area contributed by atoms with Crippen molar-refractivity contribution in [2.75, 3.05) is 32.8 Å². The topological polar surface area (TPSA) is 50.8 Å². The minimum Gasteiger partial charge on any atom is -0.492 e. The molecule has 2 atom stereocenters. The highest BCUT2D eigenvalue weighted by atomic mass is 16.5. The number of carbonyl (C=O) groups excluding carboxylic acids is 1. The van der Waals surface area contributed by atoms with Crippen LogP contribution in [0, 0.1) is 0 Å². The number of benzene rings is 1. The summed E-state index contributed by atoms with van der Waals surface area (Å²) in [6, 6.07) is 9.60. The average Bonchev–Trinajstić information content (AvgIpc) is 2.43. The lowest BCUT2D eigenvalue weighted by atomic mass is 10.2. The van der Waals surface area contributed by atoms with Crippen molar-refractivity contribution in [2.45, 2.75) is 26.1 Å². The minimum absolute atomic E-state index is 0.0351. The first-order valence-electron chi connectivity index (χ1n) is 7.46. The molecule has 1 saturated heterocycles. The average molecular weight is 292 g/mol. The lowest BCUT2D eigenvalue weighted by Crippen LogP contribution is -2.49. The molecular weight excluding hydrogens is 268 g/mol. The summed E-state index contributed by atoms with van der Waals surface area (Å²) in [4.78, 5) is 14.0. The molecule has 116 valence electrons. The monoisotopic (exact) mass is 292 g/mol. The SMILES string of the molecule is CC1CN(CC(=O)NCCOc2ccccc2)CC(C)O1. The third kappa shape index (κ3) is 5.73. The summed E-state index contributed by atoms with van der Waals surface area (Å²) in [6.45, 7) is 7.09. The summed E-state index contributed by atoms with van der Waals surface area (Å²) in [6.07, 6.45) is 0.367. The van der Waals surface area contributed by atoms with Crippen molar-refractivity contribution >= 4 is 5.91 Å². The molecule has 1 aromatic rings. The maximum Gasteiger partial charge on any atom is 0.234 e. The predicted octanol–water partition coefficient (Wildman–Crippen LogP) is 1.29. The molecule has 1 aliphatic heterocycles. The number of rotatable bonds is 6. The normalized spacial score (nSPS) is 22.8.